The number of anilines is 1. The normalized spacial score (nSPS) is 12.5. The second kappa shape index (κ2) is 12.6. The highest BCUT2D eigenvalue weighted by molar-refractivity contribution is 7.92. The summed E-state index contributed by atoms with van der Waals surface area (Å²) in [6, 6.07) is 17.8. The summed E-state index contributed by atoms with van der Waals surface area (Å²) in [5.74, 6) is -1.04. The average Bonchev–Trinajstić information content (AvgIpc) is 2.86. The summed E-state index contributed by atoms with van der Waals surface area (Å²) in [5.41, 5.74) is 0.112. The molecule has 0 aliphatic carbocycles. The summed E-state index contributed by atoms with van der Waals surface area (Å²) in [6.45, 7) is 6.34. The van der Waals surface area contributed by atoms with Crippen molar-refractivity contribution in [3.63, 3.8) is 0 Å². The molecule has 208 valence electrons. The molecule has 0 saturated heterocycles. The number of rotatable bonds is 9. The molecule has 3 aromatic rings. The van der Waals surface area contributed by atoms with Crippen LogP contribution in [-0.2, 0) is 26.2 Å². The van der Waals surface area contributed by atoms with Crippen LogP contribution in [0.2, 0.25) is 15.1 Å². The molecule has 0 spiro atoms. The number of hydrogen-bond donors (Lipinski definition) is 1. The number of sulfonamides is 1. The van der Waals surface area contributed by atoms with Crippen LogP contribution < -0.4 is 9.62 Å². The van der Waals surface area contributed by atoms with Gasteiger partial charge in [-0.3, -0.25) is 13.9 Å². The van der Waals surface area contributed by atoms with E-state index in [0.29, 0.717) is 20.6 Å². The minimum absolute atomic E-state index is 0.00646. The van der Waals surface area contributed by atoms with Crippen molar-refractivity contribution < 1.29 is 18.0 Å². The van der Waals surface area contributed by atoms with E-state index in [0.717, 1.165) is 4.31 Å². The summed E-state index contributed by atoms with van der Waals surface area (Å²) < 4.78 is 28.5. The first-order chi connectivity index (χ1) is 18.2. The number of carbonyl (C=O) groups excluding carboxylic acids is 2. The van der Waals surface area contributed by atoms with E-state index in [2.05, 4.69) is 5.32 Å². The molecule has 0 fully saturated rings. The average molecular weight is 611 g/mol. The Balaban J connectivity index is 2.06. The van der Waals surface area contributed by atoms with Crippen LogP contribution in [0.4, 0.5) is 5.69 Å². The zero-order valence-corrected chi connectivity index (χ0v) is 25.1. The van der Waals surface area contributed by atoms with Gasteiger partial charge in [0.15, 0.2) is 0 Å². The lowest BCUT2D eigenvalue weighted by molar-refractivity contribution is -0.140. The van der Waals surface area contributed by atoms with Gasteiger partial charge in [0.1, 0.15) is 12.6 Å². The summed E-state index contributed by atoms with van der Waals surface area (Å²) in [6.07, 6.45) is 0. The highest BCUT2D eigenvalue weighted by Crippen LogP contribution is 2.29. The molecule has 39 heavy (non-hydrogen) atoms. The van der Waals surface area contributed by atoms with Crippen LogP contribution in [0.15, 0.2) is 77.7 Å². The molecular weight excluding hydrogens is 581 g/mol. The van der Waals surface area contributed by atoms with Gasteiger partial charge in [-0.2, -0.15) is 0 Å². The molecule has 0 unspecified atom stereocenters. The Hall–Kier alpha value is -2.78. The number of halogens is 3. The maximum atomic E-state index is 13.9. The van der Waals surface area contributed by atoms with Gasteiger partial charge < -0.3 is 10.2 Å². The fourth-order valence-electron chi connectivity index (χ4n) is 3.77. The van der Waals surface area contributed by atoms with Crippen LogP contribution in [0.3, 0.4) is 0 Å². The van der Waals surface area contributed by atoms with Gasteiger partial charge in [0.05, 0.1) is 10.6 Å². The minimum Gasteiger partial charge on any atom is -0.350 e. The van der Waals surface area contributed by atoms with E-state index in [4.69, 9.17) is 34.8 Å². The lowest BCUT2D eigenvalue weighted by atomic mass is 10.1. The standard InChI is InChI=1S/C28H30Cl3N3O4S/c1-19(27(36)32-28(2,3)4)33(17-23-24(30)11-8-12-25(23)31)26(35)18-34(21-15-13-20(29)14-16-21)39(37,38)22-9-6-5-7-10-22/h5-16,19H,17-18H2,1-4H3,(H,32,36)/t19-/m1/s1. The predicted molar refractivity (Wildman–Crippen MR) is 157 cm³/mol. The highest BCUT2D eigenvalue weighted by Gasteiger charge is 2.34. The zero-order chi connectivity index (χ0) is 29.0. The number of amides is 2. The molecule has 0 saturated carbocycles. The molecule has 1 N–H and O–H groups in total. The quantitative estimate of drug-likeness (QED) is 0.314. The van der Waals surface area contributed by atoms with E-state index in [1.165, 1.54) is 41.3 Å². The molecule has 7 nitrogen and oxygen atoms in total. The third-order valence-electron chi connectivity index (χ3n) is 5.78. The third kappa shape index (κ3) is 7.88. The van der Waals surface area contributed by atoms with Crippen molar-refractivity contribution in [1.82, 2.24) is 10.2 Å². The van der Waals surface area contributed by atoms with Crippen molar-refractivity contribution in [2.24, 2.45) is 0 Å². The van der Waals surface area contributed by atoms with Crippen LogP contribution >= 0.6 is 34.8 Å². The van der Waals surface area contributed by atoms with E-state index in [1.807, 2.05) is 20.8 Å². The molecule has 3 rings (SSSR count). The van der Waals surface area contributed by atoms with Gasteiger partial charge >= 0.3 is 0 Å². The SMILES string of the molecule is C[C@H](C(=O)NC(C)(C)C)N(Cc1c(Cl)cccc1Cl)C(=O)CN(c1ccc(Cl)cc1)S(=O)(=O)c1ccccc1. The fourth-order valence-corrected chi connectivity index (χ4v) is 5.84. The Morgan fingerprint density at radius 2 is 1.44 bits per heavy atom. The van der Waals surface area contributed by atoms with E-state index in [-0.39, 0.29) is 17.1 Å². The summed E-state index contributed by atoms with van der Waals surface area (Å²) in [4.78, 5) is 28.4. The molecule has 0 bridgehead atoms. The topological polar surface area (TPSA) is 86.8 Å². The number of nitrogens with zero attached hydrogens (tertiary/aromatic N) is 2. The predicted octanol–water partition coefficient (Wildman–Crippen LogP) is 6.17. The second-order valence-corrected chi connectivity index (χ2v) is 13.1. The summed E-state index contributed by atoms with van der Waals surface area (Å²) >= 11 is 18.8. The number of carbonyl (C=O) groups is 2. The van der Waals surface area contributed by atoms with Crippen molar-refractivity contribution in [3.05, 3.63) is 93.4 Å². The summed E-state index contributed by atoms with van der Waals surface area (Å²) in [5, 5.41) is 3.91. The molecular formula is C28H30Cl3N3O4S. The van der Waals surface area contributed by atoms with Crippen molar-refractivity contribution >= 4 is 62.3 Å². The molecule has 0 radical (unpaired) electrons. The lowest BCUT2D eigenvalue weighted by Gasteiger charge is -2.33. The first-order valence-electron chi connectivity index (χ1n) is 12.1. The van der Waals surface area contributed by atoms with Crippen LogP contribution in [-0.4, -0.2) is 43.3 Å². The fraction of sp³-hybridized carbons (Fsp3) is 0.286. The molecule has 11 heteroatoms. The number of nitrogens with one attached hydrogen (secondary N) is 1. The van der Waals surface area contributed by atoms with E-state index < -0.39 is 40.0 Å². The van der Waals surface area contributed by atoms with Gasteiger partial charge in [-0.25, -0.2) is 8.42 Å². The van der Waals surface area contributed by atoms with Crippen LogP contribution in [0.25, 0.3) is 0 Å². The van der Waals surface area contributed by atoms with Crippen molar-refractivity contribution in [3.8, 4) is 0 Å². The smallest absolute Gasteiger partial charge is 0.264 e. The van der Waals surface area contributed by atoms with Gasteiger partial charge in [0.2, 0.25) is 11.8 Å². The molecule has 0 aromatic heterocycles. The highest BCUT2D eigenvalue weighted by atomic mass is 35.5. The number of hydrogen-bond acceptors (Lipinski definition) is 4. The van der Waals surface area contributed by atoms with Crippen molar-refractivity contribution in [2.75, 3.05) is 10.8 Å². The van der Waals surface area contributed by atoms with Gasteiger partial charge in [-0.15, -0.1) is 0 Å². The van der Waals surface area contributed by atoms with Crippen molar-refractivity contribution in [1.29, 1.82) is 0 Å². The Bertz CT molecular complexity index is 1410. The van der Waals surface area contributed by atoms with Crippen molar-refractivity contribution in [2.45, 2.75) is 50.7 Å². The van der Waals surface area contributed by atoms with Crippen LogP contribution in [0.1, 0.15) is 33.3 Å². The molecule has 2 amide bonds. The molecule has 0 aliphatic heterocycles. The number of benzene rings is 3. The van der Waals surface area contributed by atoms with E-state index >= 15 is 0 Å². The Kier molecular flexibility index (Phi) is 9.93. The Morgan fingerprint density at radius 3 is 1.97 bits per heavy atom. The molecule has 3 aromatic carbocycles. The van der Waals surface area contributed by atoms with Gasteiger partial charge in [-0.1, -0.05) is 59.1 Å². The lowest BCUT2D eigenvalue weighted by Crippen LogP contribution is -2.54. The summed E-state index contributed by atoms with van der Waals surface area (Å²) in [7, 11) is -4.17. The largest absolute Gasteiger partial charge is 0.350 e. The minimum atomic E-state index is -4.17. The maximum Gasteiger partial charge on any atom is 0.264 e. The molecule has 0 aliphatic rings. The first kappa shape index (κ1) is 30.8. The van der Waals surface area contributed by atoms with Crippen LogP contribution in [0, 0.1) is 0 Å². The Labute approximate surface area is 244 Å². The molecule has 0 heterocycles. The maximum absolute atomic E-state index is 13.9. The Morgan fingerprint density at radius 1 is 0.872 bits per heavy atom. The molecule has 1 atom stereocenters. The van der Waals surface area contributed by atoms with E-state index in [1.54, 1.807) is 43.3 Å². The van der Waals surface area contributed by atoms with Gasteiger partial charge in [0.25, 0.3) is 10.0 Å². The van der Waals surface area contributed by atoms with Crippen LogP contribution in [0.5, 0.6) is 0 Å². The third-order valence-corrected chi connectivity index (χ3v) is 8.53. The second-order valence-electron chi connectivity index (χ2n) is 9.94. The van der Waals surface area contributed by atoms with Gasteiger partial charge in [-0.05, 0) is 76.2 Å². The van der Waals surface area contributed by atoms with Gasteiger partial charge in [0, 0.05) is 32.7 Å². The monoisotopic (exact) mass is 609 g/mol. The first-order valence-corrected chi connectivity index (χ1v) is 14.7. The zero-order valence-electron chi connectivity index (χ0n) is 22.0. The van der Waals surface area contributed by atoms with E-state index in [9.17, 15) is 18.0 Å².